The Labute approximate surface area is 115 Å². The average molecular weight is 313 g/mol. The fourth-order valence-electron chi connectivity index (χ4n) is 2.06. The van der Waals surface area contributed by atoms with E-state index >= 15 is 0 Å². The highest BCUT2D eigenvalue weighted by Crippen LogP contribution is 2.28. The lowest BCUT2D eigenvalue weighted by molar-refractivity contribution is -0.120. The quantitative estimate of drug-likeness (QED) is 0.901. The molecule has 1 aliphatic heterocycles. The van der Waals surface area contributed by atoms with Crippen LogP contribution in [0.1, 0.15) is 12.8 Å². The van der Waals surface area contributed by atoms with Crippen molar-refractivity contribution in [3.05, 3.63) is 22.7 Å². The number of anilines is 1. The molecule has 0 aliphatic carbocycles. The highest BCUT2D eigenvalue weighted by Gasteiger charge is 2.20. The Morgan fingerprint density at radius 3 is 3.00 bits per heavy atom. The molecule has 1 atom stereocenters. The molecule has 0 aromatic heterocycles. The molecular formula is C13H17BrN2O2. The second kappa shape index (κ2) is 6.20. The molecule has 18 heavy (non-hydrogen) atoms. The summed E-state index contributed by atoms with van der Waals surface area (Å²) in [6, 6.07) is 5.53. The second-order valence-corrected chi connectivity index (χ2v) is 5.24. The highest BCUT2D eigenvalue weighted by atomic mass is 79.9. The van der Waals surface area contributed by atoms with Crippen molar-refractivity contribution >= 4 is 27.5 Å². The van der Waals surface area contributed by atoms with Crippen LogP contribution < -0.4 is 15.4 Å². The normalized spacial score (nSPS) is 19.3. The Morgan fingerprint density at radius 1 is 1.56 bits per heavy atom. The molecule has 0 radical (unpaired) electrons. The number of carbonyl (C=O) groups excluding carboxylic acids is 1. The summed E-state index contributed by atoms with van der Waals surface area (Å²) in [5, 5.41) is 6.18. The Morgan fingerprint density at radius 2 is 2.39 bits per heavy atom. The SMILES string of the molecule is COc1ccc(NC(=O)[C@@H]2CCCNC2)cc1Br. The van der Waals surface area contributed by atoms with Gasteiger partial charge in [-0.25, -0.2) is 0 Å². The standard InChI is InChI=1S/C13H17BrN2O2/c1-18-12-5-4-10(7-11(12)14)16-13(17)9-3-2-6-15-8-9/h4-5,7,9,15H,2-3,6,8H2,1H3,(H,16,17)/t9-/m1/s1. The molecule has 1 aliphatic rings. The molecule has 2 N–H and O–H groups in total. The van der Waals surface area contributed by atoms with Gasteiger partial charge in [-0.05, 0) is 53.5 Å². The zero-order valence-corrected chi connectivity index (χ0v) is 11.9. The third-order valence-electron chi connectivity index (χ3n) is 3.09. The topological polar surface area (TPSA) is 50.4 Å². The fraction of sp³-hybridized carbons (Fsp3) is 0.462. The van der Waals surface area contributed by atoms with Gasteiger partial charge in [0, 0.05) is 12.2 Å². The molecule has 5 heteroatoms. The summed E-state index contributed by atoms with van der Waals surface area (Å²) in [7, 11) is 1.62. The molecule has 2 rings (SSSR count). The van der Waals surface area contributed by atoms with E-state index < -0.39 is 0 Å². The Hall–Kier alpha value is -1.07. The van der Waals surface area contributed by atoms with Gasteiger partial charge in [-0.15, -0.1) is 0 Å². The van der Waals surface area contributed by atoms with Gasteiger partial charge in [-0.2, -0.15) is 0 Å². The number of nitrogens with one attached hydrogen (secondary N) is 2. The Balaban J connectivity index is 2.00. The zero-order valence-electron chi connectivity index (χ0n) is 10.3. The molecule has 98 valence electrons. The molecule has 1 amide bonds. The number of carbonyl (C=O) groups is 1. The van der Waals surface area contributed by atoms with E-state index in [0.29, 0.717) is 0 Å². The zero-order chi connectivity index (χ0) is 13.0. The van der Waals surface area contributed by atoms with E-state index in [1.807, 2.05) is 18.2 Å². The van der Waals surface area contributed by atoms with Gasteiger partial charge in [0.1, 0.15) is 5.75 Å². The van der Waals surface area contributed by atoms with E-state index in [4.69, 9.17) is 4.74 Å². The lowest BCUT2D eigenvalue weighted by Crippen LogP contribution is -2.37. The van der Waals surface area contributed by atoms with Crippen molar-refractivity contribution in [3.63, 3.8) is 0 Å². The van der Waals surface area contributed by atoms with Gasteiger partial charge >= 0.3 is 0 Å². The van der Waals surface area contributed by atoms with Crippen LogP contribution in [0.5, 0.6) is 5.75 Å². The summed E-state index contributed by atoms with van der Waals surface area (Å²) in [5.74, 6) is 0.909. The maximum Gasteiger partial charge on any atom is 0.228 e. The maximum absolute atomic E-state index is 12.0. The summed E-state index contributed by atoms with van der Waals surface area (Å²) in [5.41, 5.74) is 0.790. The molecule has 1 aromatic rings. The van der Waals surface area contributed by atoms with Crippen molar-refractivity contribution in [1.29, 1.82) is 0 Å². The number of benzene rings is 1. The average Bonchev–Trinajstić information content (AvgIpc) is 2.40. The first-order chi connectivity index (χ1) is 8.70. The summed E-state index contributed by atoms with van der Waals surface area (Å²) in [4.78, 5) is 12.0. The first-order valence-electron chi connectivity index (χ1n) is 6.06. The van der Waals surface area contributed by atoms with Crippen molar-refractivity contribution in [2.75, 3.05) is 25.5 Å². The first kappa shape index (κ1) is 13.4. The predicted molar refractivity (Wildman–Crippen MR) is 74.9 cm³/mol. The van der Waals surface area contributed by atoms with Crippen LogP contribution in [0.3, 0.4) is 0 Å². The van der Waals surface area contributed by atoms with Gasteiger partial charge in [-0.3, -0.25) is 4.79 Å². The van der Waals surface area contributed by atoms with Crippen LogP contribution in [0.4, 0.5) is 5.69 Å². The minimum absolute atomic E-state index is 0.0691. The molecule has 1 fully saturated rings. The van der Waals surface area contributed by atoms with E-state index in [1.54, 1.807) is 7.11 Å². The van der Waals surface area contributed by atoms with Crippen LogP contribution in [0.15, 0.2) is 22.7 Å². The lowest BCUT2D eigenvalue weighted by atomic mass is 9.99. The fourth-order valence-corrected chi connectivity index (χ4v) is 2.60. The number of rotatable bonds is 3. The molecular weight excluding hydrogens is 296 g/mol. The van der Waals surface area contributed by atoms with Crippen molar-refractivity contribution in [1.82, 2.24) is 5.32 Å². The molecule has 1 heterocycles. The smallest absolute Gasteiger partial charge is 0.228 e. The summed E-state index contributed by atoms with van der Waals surface area (Å²) in [6.45, 7) is 1.78. The summed E-state index contributed by atoms with van der Waals surface area (Å²) >= 11 is 3.40. The molecule has 4 nitrogen and oxygen atoms in total. The minimum atomic E-state index is 0.0691. The second-order valence-electron chi connectivity index (χ2n) is 4.38. The highest BCUT2D eigenvalue weighted by molar-refractivity contribution is 9.10. The number of hydrogen-bond donors (Lipinski definition) is 2. The number of methoxy groups -OCH3 is 1. The van der Waals surface area contributed by atoms with Gasteiger partial charge in [0.25, 0.3) is 0 Å². The van der Waals surface area contributed by atoms with E-state index in [-0.39, 0.29) is 11.8 Å². The van der Waals surface area contributed by atoms with Gasteiger partial charge in [0.15, 0.2) is 0 Å². The summed E-state index contributed by atoms with van der Waals surface area (Å²) < 4.78 is 5.99. The van der Waals surface area contributed by atoms with E-state index in [9.17, 15) is 4.79 Å². The Kier molecular flexibility index (Phi) is 4.60. The van der Waals surface area contributed by atoms with Crippen molar-refractivity contribution in [2.45, 2.75) is 12.8 Å². The number of ether oxygens (including phenoxy) is 1. The van der Waals surface area contributed by atoms with Crippen LogP contribution in [-0.4, -0.2) is 26.1 Å². The van der Waals surface area contributed by atoms with Crippen molar-refractivity contribution in [3.8, 4) is 5.75 Å². The van der Waals surface area contributed by atoms with Crippen LogP contribution >= 0.6 is 15.9 Å². The lowest BCUT2D eigenvalue weighted by Gasteiger charge is -2.22. The number of amides is 1. The van der Waals surface area contributed by atoms with Gasteiger partial charge in [0.2, 0.25) is 5.91 Å². The molecule has 1 aromatic carbocycles. The third kappa shape index (κ3) is 3.23. The third-order valence-corrected chi connectivity index (χ3v) is 3.71. The molecule has 0 saturated carbocycles. The van der Waals surface area contributed by atoms with E-state index in [2.05, 4.69) is 26.6 Å². The molecule has 0 unspecified atom stereocenters. The first-order valence-corrected chi connectivity index (χ1v) is 6.85. The number of piperidine rings is 1. The van der Waals surface area contributed by atoms with Crippen LogP contribution in [0.2, 0.25) is 0 Å². The largest absolute Gasteiger partial charge is 0.496 e. The monoisotopic (exact) mass is 312 g/mol. The van der Waals surface area contributed by atoms with Crippen molar-refractivity contribution in [2.24, 2.45) is 5.92 Å². The van der Waals surface area contributed by atoms with E-state index in [1.165, 1.54) is 0 Å². The van der Waals surface area contributed by atoms with Gasteiger partial charge in [0.05, 0.1) is 17.5 Å². The molecule has 1 saturated heterocycles. The Bertz CT molecular complexity index is 431. The van der Waals surface area contributed by atoms with Crippen LogP contribution in [0, 0.1) is 5.92 Å². The van der Waals surface area contributed by atoms with E-state index in [0.717, 1.165) is 41.8 Å². The number of halogens is 1. The van der Waals surface area contributed by atoms with Gasteiger partial charge < -0.3 is 15.4 Å². The predicted octanol–water partition coefficient (Wildman–Crippen LogP) is 2.40. The summed E-state index contributed by atoms with van der Waals surface area (Å²) in [6.07, 6.45) is 2.01. The molecule has 0 bridgehead atoms. The van der Waals surface area contributed by atoms with Crippen LogP contribution in [0.25, 0.3) is 0 Å². The van der Waals surface area contributed by atoms with Crippen molar-refractivity contribution < 1.29 is 9.53 Å². The minimum Gasteiger partial charge on any atom is -0.496 e. The maximum atomic E-state index is 12.0. The van der Waals surface area contributed by atoms with Crippen LogP contribution in [-0.2, 0) is 4.79 Å². The van der Waals surface area contributed by atoms with Gasteiger partial charge in [-0.1, -0.05) is 0 Å². The molecule has 0 spiro atoms. The number of hydrogen-bond acceptors (Lipinski definition) is 3.